The molecule has 2 aromatic rings. The number of Topliss-reactive ketones (excluding diaryl/α,β-unsaturated/α-hetero) is 2. The summed E-state index contributed by atoms with van der Waals surface area (Å²) in [6.07, 6.45) is -0.424. The fraction of sp³-hybridized carbons (Fsp3) is 0.118. The summed E-state index contributed by atoms with van der Waals surface area (Å²) in [6, 6.07) is 12.9. The van der Waals surface area contributed by atoms with Crippen LogP contribution in [0.2, 0.25) is 0 Å². The summed E-state index contributed by atoms with van der Waals surface area (Å²) < 4.78 is 13.8. The number of benzene rings is 2. The van der Waals surface area contributed by atoms with E-state index in [1.54, 1.807) is 0 Å². The van der Waals surface area contributed by atoms with Crippen LogP contribution < -0.4 is 0 Å². The van der Waals surface area contributed by atoms with Crippen LogP contribution in [0.1, 0.15) is 27.9 Å². The number of carboxylic acid groups (broad SMARTS) is 1. The molecule has 1 N–H and O–H groups in total. The predicted molar refractivity (Wildman–Crippen MR) is 77.2 cm³/mol. The van der Waals surface area contributed by atoms with Gasteiger partial charge < -0.3 is 5.11 Å². The molecule has 0 aliphatic carbocycles. The average Bonchev–Trinajstić information content (AvgIpc) is 2.50. The Morgan fingerprint density at radius 3 is 2.32 bits per heavy atom. The second kappa shape index (κ2) is 6.76. The number of aliphatic carboxylic acids is 1. The molecule has 0 heterocycles. The standard InChI is InChI=1S/C17H13FO4/c18-14-7-6-12(15(19)10-16(20)17(21)22)9-13(14)8-11-4-2-1-3-5-11/h1-7,9H,8,10H2,(H,21,22). The molecule has 0 amide bonds. The van der Waals surface area contributed by atoms with Gasteiger partial charge in [0, 0.05) is 12.0 Å². The smallest absolute Gasteiger partial charge is 0.372 e. The van der Waals surface area contributed by atoms with Crippen molar-refractivity contribution in [3.8, 4) is 0 Å². The lowest BCUT2D eigenvalue weighted by Gasteiger charge is -2.06. The zero-order chi connectivity index (χ0) is 16.1. The molecule has 112 valence electrons. The molecule has 0 aliphatic rings. The van der Waals surface area contributed by atoms with Gasteiger partial charge in [-0.1, -0.05) is 30.3 Å². The second-order valence-corrected chi connectivity index (χ2v) is 4.80. The van der Waals surface area contributed by atoms with Crippen LogP contribution in [0.5, 0.6) is 0 Å². The van der Waals surface area contributed by atoms with Gasteiger partial charge in [0.2, 0.25) is 5.78 Å². The highest BCUT2D eigenvalue weighted by Crippen LogP contribution is 2.16. The van der Waals surface area contributed by atoms with Crippen LogP contribution >= 0.6 is 0 Å². The van der Waals surface area contributed by atoms with E-state index in [1.807, 2.05) is 30.3 Å². The summed E-state index contributed by atoms with van der Waals surface area (Å²) in [4.78, 5) is 33.4. The normalized spacial score (nSPS) is 10.2. The Morgan fingerprint density at radius 2 is 1.68 bits per heavy atom. The second-order valence-electron chi connectivity index (χ2n) is 4.80. The number of halogens is 1. The minimum Gasteiger partial charge on any atom is -0.475 e. The van der Waals surface area contributed by atoms with Gasteiger partial charge >= 0.3 is 5.97 Å². The van der Waals surface area contributed by atoms with E-state index in [-0.39, 0.29) is 5.56 Å². The number of hydrogen-bond donors (Lipinski definition) is 1. The summed E-state index contributed by atoms with van der Waals surface area (Å²) >= 11 is 0. The summed E-state index contributed by atoms with van der Waals surface area (Å²) in [5.41, 5.74) is 1.33. The topological polar surface area (TPSA) is 71.4 Å². The Hall–Kier alpha value is -2.82. The van der Waals surface area contributed by atoms with E-state index in [4.69, 9.17) is 5.11 Å². The first-order valence-electron chi connectivity index (χ1n) is 6.59. The van der Waals surface area contributed by atoms with Crippen LogP contribution in [-0.2, 0) is 16.0 Å². The zero-order valence-electron chi connectivity index (χ0n) is 11.6. The lowest BCUT2D eigenvalue weighted by atomic mass is 9.99. The van der Waals surface area contributed by atoms with Gasteiger partial charge in [-0.25, -0.2) is 9.18 Å². The summed E-state index contributed by atoms with van der Waals surface area (Å²) in [5, 5.41) is 8.51. The van der Waals surface area contributed by atoms with Crippen molar-refractivity contribution in [3.63, 3.8) is 0 Å². The number of ketones is 2. The molecule has 0 aromatic heterocycles. The van der Waals surface area contributed by atoms with Gasteiger partial charge in [-0.15, -0.1) is 0 Å². The molecule has 0 saturated heterocycles. The molecule has 0 fully saturated rings. The Kier molecular flexibility index (Phi) is 4.78. The van der Waals surface area contributed by atoms with Crippen LogP contribution in [0.25, 0.3) is 0 Å². The monoisotopic (exact) mass is 300 g/mol. The predicted octanol–water partition coefficient (Wildman–Crippen LogP) is 2.64. The molecule has 2 rings (SSSR count). The highest BCUT2D eigenvalue weighted by Gasteiger charge is 2.18. The maximum atomic E-state index is 13.8. The molecule has 0 unspecified atom stereocenters. The molecule has 5 heteroatoms. The van der Waals surface area contributed by atoms with Crippen molar-refractivity contribution < 1.29 is 23.9 Å². The Labute approximate surface area is 126 Å². The first-order valence-corrected chi connectivity index (χ1v) is 6.59. The van der Waals surface area contributed by atoms with Crippen LogP contribution in [-0.4, -0.2) is 22.6 Å². The van der Waals surface area contributed by atoms with Crippen molar-refractivity contribution in [3.05, 3.63) is 71.0 Å². The first kappa shape index (κ1) is 15.6. The van der Waals surface area contributed by atoms with E-state index in [1.165, 1.54) is 12.1 Å². The molecule has 22 heavy (non-hydrogen) atoms. The zero-order valence-corrected chi connectivity index (χ0v) is 11.6. The average molecular weight is 300 g/mol. The maximum absolute atomic E-state index is 13.8. The Morgan fingerprint density at radius 1 is 1.00 bits per heavy atom. The SMILES string of the molecule is O=C(O)C(=O)CC(=O)c1ccc(F)c(Cc2ccccc2)c1. The summed E-state index contributed by atoms with van der Waals surface area (Å²) in [5.74, 6) is -3.93. The van der Waals surface area contributed by atoms with Gasteiger partial charge in [-0.2, -0.15) is 0 Å². The van der Waals surface area contributed by atoms with Crippen LogP contribution in [0.15, 0.2) is 48.5 Å². The van der Waals surface area contributed by atoms with Gasteiger partial charge in [0.05, 0.1) is 6.42 Å². The minimum atomic E-state index is -1.65. The fourth-order valence-electron chi connectivity index (χ4n) is 2.02. The lowest BCUT2D eigenvalue weighted by Crippen LogP contribution is -2.17. The number of rotatable bonds is 6. The number of carbonyl (C=O) groups is 3. The first-order chi connectivity index (χ1) is 10.5. The molecular weight excluding hydrogens is 287 g/mol. The molecule has 0 aliphatic heterocycles. The molecule has 0 atom stereocenters. The molecule has 2 aromatic carbocycles. The van der Waals surface area contributed by atoms with Crippen molar-refractivity contribution in [2.45, 2.75) is 12.8 Å². The van der Waals surface area contributed by atoms with Gasteiger partial charge in [-0.05, 0) is 29.3 Å². The maximum Gasteiger partial charge on any atom is 0.372 e. The largest absolute Gasteiger partial charge is 0.475 e. The van der Waals surface area contributed by atoms with E-state index >= 15 is 0 Å². The lowest BCUT2D eigenvalue weighted by molar-refractivity contribution is -0.148. The fourth-order valence-corrected chi connectivity index (χ4v) is 2.02. The third-order valence-electron chi connectivity index (χ3n) is 3.16. The van der Waals surface area contributed by atoms with Crippen LogP contribution in [0.4, 0.5) is 4.39 Å². The van der Waals surface area contributed by atoms with Gasteiger partial charge in [0.15, 0.2) is 5.78 Å². The Bertz CT molecular complexity index is 723. The number of carboxylic acids is 1. The van der Waals surface area contributed by atoms with Crippen molar-refractivity contribution in [1.29, 1.82) is 0 Å². The Balaban J connectivity index is 2.21. The van der Waals surface area contributed by atoms with Crippen LogP contribution in [0.3, 0.4) is 0 Å². The molecule has 0 saturated carbocycles. The molecule has 4 nitrogen and oxygen atoms in total. The molecule has 0 radical (unpaired) electrons. The third-order valence-corrected chi connectivity index (χ3v) is 3.16. The molecule has 0 bridgehead atoms. The van der Waals surface area contributed by atoms with Gasteiger partial charge in [-0.3, -0.25) is 9.59 Å². The molecule has 0 spiro atoms. The van der Waals surface area contributed by atoms with Crippen molar-refractivity contribution in [1.82, 2.24) is 0 Å². The van der Waals surface area contributed by atoms with Gasteiger partial charge in [0.1, 0.15) is 5.82 Å². The summed E-state index contributed by atoms with van der Waals surface area (Å²) in [7, 11) is 0. The third kappa shape index (κ3) is 3.85. The molecular formula is C17H13FO4. The van der Waals surface area contributed by atoms with E-state index in [0.717, 1.165) is 11.6 Å². The van der Waals surface area contributed by atoms with E-state index in [2.05, 4.69) is 0 Å². The number of hydrogen-bond acceptors (Lipinski definition) is 3. The highest BCUT2D eigenvalue weighted by molar-refractivity contribution is 6.37. The summed E-state index contributed by atoms with van der Waals surface area (Å²) in [6.45, 7) is 0. The highest BCUT2D eigenvalue weighted by atomic mass is 19.1. The number of carbonyl (C=O) groups excluding carboxylic acids is 2. The van der Waals surface area contributed by atoms with Crippen LogP contribution in [0, 0.1) is 5.82 Å². The van der Waals surface area contributed by atoms with Crippen molar-refractivity contribution in [2.75, 3.05) is 0 Å². The minimum absolute atomic E-state index is 0.127. The van der Waals surface area contributed by atoms with E-state index in [9.17, 15) is 18.8 Å². The van der Waals surface area contributed by atoms with Crippen molar-refractivity contribution in [2.24, 2.45) is 0 Å². The van der Waals surface area contributed by atoms with Gasteiger partial charge in [0.25, 0.3) is 0 Å². The quantitative estimate of drug-likeness (QED) is 0.506. The van der Waals surface area contributed by atoms with Crippen molar-refractivity contribution >= 4 is 17.5 Å². The van der Waals surface area contributed by atoms with E-state index in [0.29, 0.717) is 12.0 Å². The van der Waals surface area contributed by atoms with E-state index < -0.39 is 29.8 Å².